The molecule has 130 valence electrons. The first kappa shape index (κ1) is 17.5. The van der Waals surface area contributed by atoms with Gasteiger partial charge in [-0.25, -0.2) is 4.99 Å². The van der Waals surface area contributed by atoms with E-state index in [0.29, 0.717) is 15.6 Å². The van der Waals surface area contributed by atoms with Crippen LogP contribution >= 0.6 is 43.6 Å². The van der Waals surface area contributed by atoms with E-state index >= 15 is 0 Å². The van der Waals surface area contributed by atoms with Crippen LogP contribution < -0.4 is 10.2 Å². The highest BCUT2D eigenvalue weighted by Gasteiger charge is 2.38. The molecule has 0 aliphatic carbocycles. The number of likely N-dealkylation sites (N-methyl/N-ethyl adjacent to an activating group) is 1. The third-order valence-electron chi connectivity index (χ3n) is 4.02. The lowest BCUT2D eigenvalue weighted by Crippen LogP contribution is -2.23. The van der Waals surface area contributed by atoms with Crippen LogP contribution in [0.2, 0.25) is 0 Å². The topological polar surface area (TPSA) is 61.8 Å². The molecule has 2 aliphatic rings. The number of amides is 2. The third kappa shape index (κ3) is 3.02. The van der Waals surface area contributed by atoms with Crippen LogP contribution in [0.15, 0.2) is 61.3 Å². The van der Waals surface area contributed by atoms with E-state index in [1.807, 2.05) is 42.5 Å². The summed E-state index contributed by atoms with van der Waals surface area (Å²) in [6.07, 6.45) is 0. The second kappa shape index (κ2) is 6.68. The van der Waals surface area contributed by atoms with Crippen molar-refractivity contribution in [3.05, 3.63) is 61.9 Å². The minimum Gasteiger partial charge on any atom is -0.311 e. The predicted molar refractivity (Wildman–Crippen MR) is 111 cm³/mol. The fraction of sp³-hybridized carbons (Fsp3) is 0.0556. The predicted octanol–water partition coefficient (Wildman–Crippen LogP) is 4.45. The van der Waals surface area contributed by atoms with Gasteiger partial charge < -0.3 is 10.2 Å². The smallest absolute Gasteiger partial charge is 0.264 e. The molecule has 0 spiro atoms. The Morgan fingerprint density at radius 3 is 2.46 bits per heavy atom. The highest BCUT2D eigenvalue weighted by Crippen LogP contribution is 2.43. The Bertz CT molecular complexity index is 1020. The molecule has 2 aliphatic heterocycles. The van der Waals surface area contributed by atoms with Crippen LogP contribution in [0, 0.1) is 0 Å². The van der Waals surface area contributed by atoms with Gasteiger partial charge in [-0.3, -0.25) is 9.59 Å². The minimum absolute atomic E-state index is 0.194. The number of hydrogen-bond acceptors (Lipinski definition) is 4. The van der Waals surface area contributed by atoms with Crippen molar-refractivity contribution in [1.82, 2.24) is 5.32 Å². The lowest BCUT2D eigenvalue weighted by molar-refractivity contribution is -0.116. The van der Waals surface area contributed by atoms with Gasteiger partial charge in [-0.1, -0.05) is 31.9 Å². The van der Waals surface area contributed by atoms with Gasteiger partial charge in [-0.2, -0.15) is 0 Å². The second-order valence-corrected chi connectivity index (χ2v) is 8.51. The first-order valence-corrected chi connectivity index (χ1v) is 10.00. The number of halogens is 2. The molecule has 2 aromatic rings. The molecule has 8 heteroatoms. The Morgan fingerprint density at radius 1 is 1.04 bits per heavy atom. The molecule has 1 fully saturated rings. The van der Waals surface area contributed by atoms with Crippen molar-refractivity contribution in [2.24, 2.45) is 4.99 Å². The van der Waals surface area contributed by atoms with Crippen LogP contribution in [0.3, 0.4) is 0 Å². The molecule has 26 heavy (non-hydrogen) atoms. The largest absolute Gasteiger partial charge is 0.311 e. The monoisotopic (exact) mass is 491 g/mol. The average molecular weight is 493 g/mol. The molecular weight excluding hydrogens is 482 g/mol. The van der Waals surface area contributed by atoms with E-state index in [0.717, 1.165) is 25.9 Å². The normalized spacial score (nSPS) is 20.7. The summed E-state index contributed by atoms with van der Waals surface area (Å²) in [5, 5.41) is 3.20. The van der Waals surface area contributed by atoms with E-state index in [4.69, 9.17) is 0 Å². The van der Waals surface area contributed by atoms with E-state index in [1.54, 1.807) is 11.9 Å². The molecule has 0 unspecified atom stereocenters. The number of hydrogen-bond donors (Lipinski definition) is 1. The number of carbonyl (C=O) groups is 2. The molecule has 5 nitrogen and oxygen atoms in total. The van der Waals surface area contributed by atoms with Gasteiger partial charge in [0.2, 0.25) is 0 Å². The van der Waals surface area contributed by atoms with Gasteiger partial charge in [0, 0.05) is 21.6 Å². The van der Waals surface area contributed by atoms with Gasteiger partial charge in [0.25, 0.3) is 11.8 Å². The lowest BCUT2D eigenvalue weighted by Gasteiger charge is -2.08. The molecule has 2 aromatic carbocycles. The van der Waals surface area contributed by atoms with E-state index in [9.17, 15) is 9.59 Å². The summed E-state index contributed by atoms with van der Waals surface area (Å²) in [7, 11) is 1.71. The van der Waals surface area contributed by atoms with Crippen LogP contribution in [0.5, 0.6) is 0 Å². The molecule has 0 radical (unpaired) electrons. The highest BCUT2D eigenvalue weighted by atomic mass is 79.9. The first-order chi connectivity index (χ1) is 12.4. The highest BCUT2D eigenvalue weighted by molar-refractivity contribution is 9.10. The Kier molecular flexibility index (Phi) is 4.50. The van der Waals surface area contributed by atoms with E-state index in [1.165, 1.54) is 11.8 Å². The Labute approximate surface area is 170 Å². The van der Waals surface area contributed by atoms with Gasteiger partial charge in [0.05, 0.1) is 21.9 Å². The molecule has 2 heterocycles. The maximum absolute atomic E-state index is 12.7. The van der Waals surface area contributed by atoms with Gasteiger partial charge in [0.15, 0.2) is 5.17 Å². The van der Waals surface area contributed by atoms with Crippen molar-refractivity contribution in [2.45, 2.75) is 0 Å². The van der Waals surface area contributed by atoms with Crippen LogP contribution in [-0.4, -0.2) is 24.0 Å². The number of nitrogens with zero attached hydrogens (tertiary/aromatic N) is 2. The van der Waals surface area contributed by atoms with Crippen LogP contribution in [0.4, 0.5) is 11.4 Å². The Morgan fingerprint density at radius 2 is 1.73 bits per heavy atom. The van der Waals surface area contributed by atoms with E-state index in [2.05, 4.69) is 42.2 Å². The van der Waals surface area contributed by atoms with Crippen molar-refractivity contribution in [1.29, 1.82) is 0 Å². The summed E-state index contributed by atoms with van der Waals surface area (Å²) in [4.78, 5) is 31.6. The van der Waals surface area contributed by atoms with Gasteiger partial charge >= 0.3 is 0 Å². The van der Waals surface area contributed by atoms with Crippen molar-refractivity contribution in [3.63, 3.8) is 0 Å². The standard InChI is InChI=1S/C18H11Br2N3O2S/c1-23-13-7-4-10(20)8-12(13)14(17(23)25)15-16(24)22-18(26-15)21-11-5-2-9(19)3-6-11/h2-8H,1H3,(H,21,22,24). The molecule has 1 saturated heterocycles. The molecule has 2 amide bonds. The van der Waals surface area contributed by atoms with Crippen molar-refractivity contribution in [2.75, 3.05) is 11.9 Å². The van der Waals surface area contributed by atoms with Gasteiger partial charge in [0.1, 0.15) is 0 Å². The average Bonchev–Trinajstić information content (AvgIpc) is 3.07. The molecule has 0 atom stereocenters. The SMILES string of the molecule is CN1C(=O)C(=C2SC(=Nc3ccc(Br)cc3)NC2=O)c2cc(Br)ccc21. The zero-order valence-electron chi connectivity index (χ0n) is 13.4. The number of nitrogens with one attached hydrogen (secondary N) is 1. The van der Waals surface area contributed by atoms with Crippen LogP contribution in [0.1, 0.15) is 5.56 Å². The molecule has 0 aromatic heterocycles. The van der Waals surface area contributed by atoms with Gasteiger partial charge in [-0.05, 0) is 54.2 Å². The zero-order valence-corrected chi connectivity index (χ0v) is 17.4. The number of thioether (sulfide) groups is 1. The molecule has 0 bridgehead atoms. The summed E-state index contributed by atoms with van der Waals surface area (Å²) in [6.45, 7) is 0. The van der Waals surface area contributed by atoms with Crippen LogP contribution in [-0.2, 0) is 9.59 Å². The van der Waals surface area contributed by atoms with E-state index in [-0.39, 0.29) is 11.8 Å². The fourth-order valence-corrected chi connectivity index (χ4v) is 4.34. The molecule has 4 rings (SSSR count). The second-order valence-electron chi connectivity index (χ2n) is 5.68. The maximum atomic E-state index is 12.7. The number of carbonyl (C=O) groups excluding carboxylic acids is 2. The fourth-order valence-electron chi connectivity index (χ4n) is 2.78. The quantitative estimate of drug-likeness (QED) is 0.598. The number of aliphatic imine (C=N–C) groups is 1. The number of anilines is 1. The maximum Gasteiger partial charge on any atom is 0.264 e. The number of fused-ring (bicyclic) bond motifs is 1. The van der Waals surface area contributed by atoms with Crippen molar-refractivity contribution in [3.8, 4) is 0 Å². The summed E-state index contributed by atoms with van der Waals surface area (Å²) >= 11 is 7.99. The van der Waals surface area contributed by atoms with Gasteiger partial charge in [-0.15, -0.1) is 0 Å². The minimum atomic E-state index is -0.310. The third-order valence-corrected chi connectivity index (χ3v) is 6.02. The molecule has 1 N–H and O–H groups in total. The number of rotatable bonds is 1. The number of benzene rings is 2. The van der Waals surface area contributed by atoms with Crippen molar-refractivity contribution >= 4 is 77.6 Å². The Hall–Kier alpha value is -1.90. The van der Waals surface area contributed by atoms with Crippen molar-refractivity contribution < 1.29 is 9.59 Å². The Balaban J connectivity index is 1.76. The molecular formula is C18H11Br2N3O2S. The summed E-state index contributed by atoms with van der Waals surface area (Å²) < 4.78 is 1.80. The zero-order chi connectivity index (χ0) is 18.4. The number of amidine groups is 1. The first-order valence-electron chi connectivity index (χ1n) is 7.60. The summed E-state index contributed by atoms with van der Waals surface area (Å²) in [5.41, 5.74) is 2.66. The summed E-state index contributed by atoms with van der Waals surface area (Å²) in [5.74, 6) is -0.504. The summed E-state index contributed by atoms with van der Waals surface area (Å²) in [6, 6.07) is 13.0. The lowest BCUT2D eigenvalue weighted by atomic mass is 10.1. The van der Waals surface area contributed by atoms with Crippen LogP contribution in [0.25, 0.3) is 5.57 Å². The van der Waals surface area contributed by atoms with E-state index < -0.39 is 0 Å². The molecule has 0 saturated carbocycles.